The van der Waals surface area contributed by atoms with E-state index in [0.717, 1.165) is 23.0 Å². The number of rotatable bonds is 3. The highest BCUT2D eigenvalue weighted by Gasteiger charge is 2.08. The van der Waals surface area contributed by atoms with Gasteiger partial charge in [0.2, 0.25) is 0 Å². The summed E-state index contributed by atoms with van der Waals surface area (Å²) in [7, 11) is 1.97. The summed E-state index contributed by atoms with van der Waals surface area (Å²) in [4.78, 5) is 15.4. The standard InChI is InChI=1S/C14H13N3O/c1-16-8-6-15-13(16)9-17-7-5-11-3-2-4-12(10-18)14(11)17/h2-8,10H,9H2,1H3. The van der Waals surface area contributed by atoms with E-state index in [4.69, 9.17) is 0 Å². The summed E-state index contributed by atoms with van der Waals surface area (Å²) in [5.41, 5.74) is 1.68. The van der Waals surface area contributed by atoms with Gasteiger partial charge in [-0.1, -0.05) is 12.1 Å². The third-order valence-electron chi connectivity index (χ3n) is 3.18. The van der Waals surface area contributed by atoms with E-state index in [1.54, 1.807) is 6.20 Å². The molecule has 0 spiro atoms. The maximum atomic E-state index is 11.1. The quantitative estimate of drug-likeness (QED) is 0.657. The molecule has 90 valence electrons. The Kier molecular flexibility index (Phi) is 2.48. The van der Waals surface area contributed by atoms with Crippen molar-refractivity contribution in [3.8, 4) is 0 Å². The van der Waals surface area contributed by atoms with E-state index in [1.807, 2.05) is 48.3 Å². The summed E-state index contributed by atoms with van der Waals surface area (Å²) < 4.78 is 4.04. The molecule has 3 aromatic rings. The van der Waals surface area contributed by atoms with Crippen LogP contribution in [0.25, 0.3) is 10.9 Å². The molecule has 0 saturated carbocycles. The fraction of sp³-hybridized carbons (Fsp3) is 0.143. The summed E-state index contributed by atoms with van der Waals surface area (Å²) in [5, 5.41) is 1.08. The molecule has 0 fully saturated rings. The van der Waals surface area contributed by atoms with Gasteiger partial charge in [-0.2, -0.15) is 0 Å². The number of fused-ring (bicyclic) bond motifs is 1. The molecule has 0 radical (unpaired) electrons. The van der Waals surface area contributed by atoms with Gasteiger partial charge in [0, 0.05) is 36.6 Å². The first-order valence-corrected chi connectivity index (χ1v) is 5.79. The predicted molar refractivity (Wildman–Crippen MR) is 69.6 cm³/mol. The summed E-state index contributed by atoms with van der Waals surface area (Å²) in [6.45, 7) is 0.665. The lowest BCUT2D eigenvalue weighted by molar-refractivity contribution is 0.112. The Morgan fingerprint density at radius 3 is 2.89 bits per heavy atom. The third-order valence-corrected chi connectivity index (χ3v) is 3.18. The van der Waals surface area contributed by atoms with Gasteiger partial charge in [0.05, 0.1) is 12.1 Å². The monoisotopic (exact) mass is 239 g/mol. The number of imidazole rings is 1. The Morgan fingerprint density at radius 2 is 2.17 bits per heavy atom. The number of benzene rings is 1. The normalized spacial score (nSPS) is 10.9. The van der Waals surface area contributed by atoms with Crippen molar-refractivity contribution in [1.82, 2.24) is 14.1 Å². The Hall–Kier alpha value is -2.36. The topological polar surface area (TPSA) is 39.8 Å². The van der Waals surface area contributed by atoms with Crippen molar-refractivity contribution in [3.05, 3.63) is 54.2 Å². The van der Waals surface area contributed by atoms with Crippen LogP contribution in [0.1, 0.15) is 16.2 Å². The molecule has 2 aromatic heterocycles. The van der Waals surface area contributed by atoms with Crippen molar-refractivity contribution in [2.24, 2.45) is 7.05 Å². The van der Waals surface area contributed by atoms with Crippen molar-refractivity contribution in [2.75, 3.05) is 0 Å². The molecule has 2 heterocycles. The lowest BCUT2D eigenvalue weighted by Gasteiger charge is -2.07. The second kappa shape index (κ2) is 4.14. The molecule has 1 aromatic carbocycles. The van der Waals surface area contributed by atoms with Gasteiger partial charge in [0.15, 0.2) is 6.29 Å². The van der Waals surface area contributed by atoms with E-state index in [0.29, 0.717) is 12.1 Å². The summed E-state index contributed by atoms with van der Waals surface area (Å²) in [5.74, 6) is 0.966. The average molecular weight is 239 g/mol. The van der Waals surface area contributed by atoms with Crippen LogP contribution in [0.4, 0.5) is 0 Å². The Morgan fingerprint density at radius 1 is 1.28 bits per heavy atom. The summed E-state index contributed by atoms with van der Waals surface area (Å²) in [6, 6.07) is 7.77. The fourth-order valence-corrected chi connectivity index (χ4v) is 2.22. The third kappa shape index (κ3) is 1.62. The van der Waals surface area contributed by atoms with E-state index in [9.17, 15) is 4.79 Å². The second-order valence-corrected chi connectivity index (χ2v) is 4.30. The zero-order valence-electron chi connectivity index (χ0n) is 10.1. The highest BCUT2D eigenvalue weighted by molar-refractivity contribution is 5.96. The zero-order valence-corrected chi connectivity index (χ0v) is 10.1. The van der Waals surface area contributed by atoms with Crippen molar-refractivity contribution >= 4 is 17.2 Å². The largest absolute Gasteiger partial charge is 0.339 e. The summed E-state index contributed by atoms with van der Waals surface area (Å²) >= 11 is 0. The average Bonchev–Trinajstić information content (AvgIpc) is 2.97. The highest BCUT2D eigenvalue weighted by Crippen LogP contribution is 2.20. The van der Waals surface area contributed by atoms with Crippen LogP contribution < -0.4 is 0 Å². The minimum Gasteiger partial charge on any atom is -0.339 e. The van der Waals surface area contributed by atoms with Crippen LogP contribution in [0.15, 0.2) is 42.9 Å². The van der Waals surface area contributed by atoms with Crippen LogP contribution >= 0.6 is 0 Å². The number of aldehydes is 1. The van der Waals surface area contributed by atoms with Gasteiger partial charge in [0.25, 0.3) is 0 Å². The molecule has 0 amide bonds. The lowest BCUT2D eigenvalue weighted by Crippen LogP contribution is -2.05. The molecule has 0 N–H and O–H groups in total. The fourth-order valence-electron chi connectivity index (χ4n) is 2.22. The number of carbonyl (C=O) groups is 1. The first kappa shape index (κ1) is 10.8. The molecular formula is C14H13N3O. The van der Waals surface area contributed by atoms with Gasteiger partial charge in [-0.25, -0.2) is 4.98 Å². The van der Waals surface area contributed by atoms with Gasteiger partial charge in [0.1, 0.15) is 5.82 Å². The Labute approximate surface area is 104 Å². The molecule has 0 saturated heterocycles. The molecule has 4 nitrogen and oxygen atoms in total. The van der Waals surface area contributed by atoms with Gasteiger partial charge in [-0.05, 0) is 12.1 Å². The minimum atomic E-state index is 0.665. The van der Waals surface area contributed by atoms with Gasteiger partial charge < -0.3 is 9.13 Å². The molecule has 0 aliphatic rings. The van der Waals surface area contributed by atoms with Crippen molar-refractivity contribution < 1.29 is 4.79 Å². The molecule has 0 aliphatic heterocycles. The number of aryl methyl sites for hydroxylation is 1. The highest BCUT2D eigenvalue weighted by atomic mass is 16.1. The number of hydrogen-bond donors (Lipinski definition) is 0. The number of nitrogens with zero attached hydrogens (tertiary/aromatic N) is 3. The van der Waals surface area contributed by atoms with Gasteiger partial charge in [-0.15, -0.1) is 0 Å². The SMILES string of the molecule is Cn1ccnc1Cn1ccc2cccc(C=O)c21. The molecule has 18 heavy (non-hydrogen) atoms. The Balaban J connectivity index is 2.12. The first-order chi connectivity index (χ1) is 8.79. The van der Waals surface area contributed by atoms with E-state index in [2.05, 4.69) is 9.55 Å². The number of carbonyl (C=O) groups excluding carboxylic acids is 1. The first-order valence-electron chi connectivity index (χ1n) is 5.79. The van der Waals surface area contributed by atoms with Crippen LogP contribution in [0, 0.1) is 0 Å². The molecule has 0 atom stereocenters. The van der Waals surface area contributed by atoms with Gasteiger partial charge in [-0.3, -0.25) is 4.79 Å². The minimum absolute atomic E-state index is 0.665. The molecule has 4 heteroatoms. The Bertz CT molecular complexity index is 709. The van der Waals surface area contributed by atoms with E-state index < -0.39 is 0 Å². The van der Waals surface area contributed by atoms with E-state index in [-0.39, 0.29) is 0 Å². The lowest BCUT2D eigenvalue weighted by atomic mass is 10.1. The van der Waals surface area contributed by atoms with Crippen LogP contribution in [0.3, 0.4) is 0 Å². The maximum absolute atomic E-state index is 11.1. The van der Waals surface area contributed by atoms with Crippen molar-refractivity contribution in [2.45, 2.75) is 6.54 Å². The van der Waals surface area contributed by atoms with Crippen molar-refractivity contribution in [1.29, 1.82) is 0 Å². The van der Waals surface area contributed by atoms with Crippen LogP contribution in [0.2, 0.25) is 0 Å². The molecule has 0 aliphatic carbocycles. The van der Waals surface area contributed by atoms with E-state index in [1.165, 1.54) is 0 Å². The zero-order chi connectivity index (χ0) is 12.5. The van der Waals surface area contributed by atoms with Gasteiger partial charge >= 0.3 is 0 Å². The maximum Gasteiger partial charge on any atom is 0.152 e. The summed E-state index contributed by atoms with van der Waals surface area (Å²) in [6.07, 6.45) is 6.59. The van der Waals surface area contributed by atoms with Crippen LogP contribution in [0.5, 0.6) is 0 Å². The predicted octanol–water partition coefficient (Wildman–Crippen LogP) is 2.24. The molecule has 3 rings (SSSR count). The molecule has 0 bridgehead atoms. The smallest absolute Gasteiger partial charge is 0.152 e. The number of aromatic nitrogens is 3. The number of hydrogen-bond acceptors (Lipinski definition) is 2. The molecule has 0 unspecified atom stereocenters. The van der Waals surface area contributed by atoms with Crippen LogP contribution in [-0.2, 0) is 13.6 Å². The second-order valence-electron chi connectivity index (χ2n) is 4.30. The van der Waals surface area contributed by atoms with Crippen molar-refractivity contribution in [3.63, 3.8) is 0 Å². The molecular weight excluding hydrogens is 226 g/mol. The van der Waals surface area contributed by atoms with E-state index >= 15 is 0 Å². The van der Waals surface area contributed by atoms with Crippen LogP contribution in [-0.4, -0.2) is 20.4 Å². The number of para-hydroxylation sites is 1.